The van der Waals surface area contributed by atoms with Gasteiger partial charge in [0.2, 0.25) is 0 Å². The predicted octanol–water partition coefficient (Wildman–Crippen LogP) is 1.26. The van der Waals surface area contributed by atoms with Crippen LogP contribution in [0.3, 0.4) is 0 Å². The molecule has 0 saturated heterocycles. The second kappa shape index (κ2) is 11.3. The molecule has 0 saturated carbocycles. The minimum absolute atomic E-state index is 0. The van der Waals surface area contributed by atoms with E-state index in [2.05, 4.69) is 22.0 Å². The van der Waals surface area contributed by atoms with E-state index in [0.29, 0.717) is 5.75 Å². The van der Waals surface area contributed by atoms with Crippen LogP contribution in [0.1, 0.15) is 13.0 Å². The molecule has 0 unspecified atom stereocenters. The third-order valence-corrected chi connectivity index (χ3v) is 3.69. The van der Waals surface area contributed by atoms with E-state index in [1.165, 1.54) is 5.56 Å². The summed E-state index contributed by atoms with van der Waals surface area (Å²) < 4.78 is 0. The first kappa shape index (κ1) is 24.6. The standard InChI is InChI=1S/C10H11NO.C9H7NO.CH4.K.H2O/c1-11-6-2-3-8-4-5-9(12)7-10(8)11;11-8-4-3-7-2-1-5-10-9(7)6-8;;;/h2-5,7,12H,6H2,1H3;1-6,11H;1H4;;1H2/q;;;+1;/p-1. The summed E-state index contributed by atoms with van der Waals surface area (Å²) in [6, 6.07) is 14.4. The molecule has 0 spiro atoms. The Kier molecular flexibility index (Phi) is 10.7. The summed E-state index contributed by atoms with van der Waals surface area (Å²) in [5.41, 5.74) is 3.09. The molecule has 5 nitrogen and oxygen atoms in total. The molecule has 6 heteroatoms. The van der Waals surface area contributed by atoms with Crippen LogP contribution in [0.15, 0.2) is 60.8 Å². The van der Waals surface area contributed by atoms with Gasteiger partial charge in [0.05, 0.1) is 5.52 Å². The van der Waals surface area contributed by atoms with Crippen molar-refractivity contribution in [1.29, 1.82) is 0 Å². The number of anilines is 1. The topological polar surface area (TPSA) is 86.6 Å². The van der Waals surface area contributed by atoms with Crippen LogP contribution in [-0.4, -0.2) is 34.3 Å². The normalized spacial score (nSPS) is 11.0. The number of hydrogen-bond acceptors (Lipinski definition) is 5. The van der Waals surface area contributed by atoms with E-state index in [1.807, 2.05) is 31.3 Å². The number of pyridine rings is 1. The molecule has 0 radical (unpaired) electrons. The molecule has 3 N–H and O–H groups in total. The molecule has 0 atom stereocenters. The van der Waals surface area contributed by atoms with Gasteiger partial charge in [0.25, 0.3) is 0 Å². The minimum atomic E-state index is 0. The van der Waals surface area contributed by atoms with E-state index in [9.17, 15) is 5.11 Å². The van der Waals surface area contributed by atoms with Gasteiger partial charge in [-0.15, -0.1) is 0 Å². The molecular formula is C20H23KN2O3. The first-order valence-corrected chi connectivity index (χ1v) is 7.38. The van der Waals surface area contributed by atoms with Crippen molar-refractivity contribution in [2.45, 2.75) is 7.43 Å². The molecule has 0 aliphatic carbocycles. The zero-order valence-electron chi connectivity index (χ0n) is 14.3. The largest absolute Gasteiger partial charge is 1.00 e. The molecular weight excluding hydrogens is 355 g/mol. The van der Waals surface area contributed by atoms with E-state index in [4.69, 9.17) is 5.11 Å². The second-order valence-corrected chi connectivity index (χ2v) is 5.41. The Bertz CT molecular complexity index is 869. The van der Waals surface area contributed by atoms with Crippen molar-refractivity contribution in [2.24, 2.45) is 0 Å². The van der Waals surface area contributed by atoms with E-state index in [0.717, 1.165) is 23.1 Å². The minimum Gasteiger partial charge on any atom is -0.870 e. The molecule has 0 amide bonds. The first-order valence-electron chi connectivity index (χ1n) is 7.38. The Morgan fingerprint density at radius 1 is 1.00 bits per heavy atom. The Hall–Kier alpha value is -1.41. The summed E-state index contributed by atoms with van der Waals surface area (Å²) in [7, 11) is 2.02. The van der Waals surface area contributed by atoms with Gasteiger partial charge in [-0.05, 0) is 35.9 Å². The Balaban J connectivity index is 0.000000432. The summed E-state index contributed by atoms with van der Waals surface area (Å²) in [6.45, 7) is 0.913. The summed E-state index contributed by atoms with van der Waals surface area (Å²) in [5.74, 6) is 0.590. The van der Waals surface area contributed by atoms with Gasteiger partial charge in [0, 0.05) is 43.0 Å². The molecule has 1 aromatic heterocycles. The molecule has 1 aliphatic heterocycles. The summed E-state index contributed by atoms with van der Waals surface area (Å²) in [4.78, 5) is 6.19. The number of phenolic OH excluding ortho intramolecular Hbond substituents is 2. The maximum Gasteiger partial charge on any atom is 1.00 e. The zero-order chi connectivity index (χ0) is 16.2. The van der Waals surface area contributed by atoms with Gasteiger partial charge in [-0.3, -0.25) is 4.98 Å². The molecule has 4 rings (SSSR count). The predicted molar refractivity (Wildman–Crippen MR) is 102 cm³/mol. The van der Waals surface area contributed by atoms with E-state index >= 15 is 0 Å². The van der Waals surface area contributed by atoms with Crippen LogP contribution in [0, 0.1) is 0 Å². The third kappa shape index (κ3) is 6.09. The molecule has 1 aliphatic rings. The zero-order valence-corrected chi connectivity index (χ0v) is 17.4. The average Bonchev–Trinajstić information content (AvgIpc) is 2.56. The van der Waals surface area contributed by atoms with Crippen LogP contribution >= 0.6 is 0 Å². The fraction of sp³-hybridized carbons (Fsp3) is 0.150. The first-order chi connectivity index (χ1) is 11.1. The number of likely N-dealkylation sites (N-methyl/N-ethyl adjacent to an activating group) is 1. The number of phenols is 2. The van der Waals surface area contributed by atoms with Gasteiger partial charge < -0.3 is 20.6 Å². The van der Waals surface area contributed by atoms with Crippen molar-refractivity contribution in [3.63, 3.8) is 0 Å². The monoisotopic (exact) mass is 378 g/mol. The van der Waals surface area contributed by atoms with Crippen LogP contribution in [-0.2, 0) is 0 Å². The molecule has 3 aromatic rings. The molecule has 0 bridgehead atoms. The Labute approximate surface area is 196 Å². The molecule has 0 fully saturated rings. The van der Waals surface area contributed by atoms with E-state index in [1.54, 1.807) is 30.5 Å². The quantitative estimate of drug-likeness (QED) is 0.575. The van der Waals surface area contributed by atoms with E-state index < -0.39 is 0 Å². The SMILES string of the molecule is C.CN1CC=Cc2ccc(O)cc21.Oc1ccc2cccnc2c1.[K+].[OH-]. The molecule has 26 heavy (non-hydrogen) atoms. The van der Waals surface area contributed by atoms with Gasteiger partial charge >= 0.3 is 51.4 Å². The van der Waals surface area contributed by atoms with Gasteiger partial charge in [-0.25, -0.2) is 0 Å². The summed E-state index contributed by atoms with van der Waals surface area (Å²) >= 11 is 0. The van der Waals surface area contributed by atoms with Crippen molar-refractivity contribution in [3.05, 3.63) is 66.4 Å². The van der Waals surface area contributed by atoms with Gasteiger partial charge in [-0.2, -0.15) is 0 Å². The van der Waals surface area contributed by atoms with Gasteiger partial charge in [0.15, 0.2) is 0 Å². The fourth-order valence-corrected chi connectivity index (χ4v) is 2.49. The van der Waals surface area contributed by atoms with Crippen molar-refractivity contribution in [2.75, 3.05) is 18.5 Å². The summed E-state index contributed by atoms with van der Waals surface area (Å²) in [6.07, 6.45) is 5.90. The Morgan fingerprint density at radius 3 is 2.46 bits per heavy atom. The number of fused-ring (bicyclic) bond motifs is 2. The van der Waals surface area contributed by atoms with Crippen molar-refractivity contribution < 1.29 is 67.1 Å². The average molecular weight is 379 g/mol. The number of aromatic hydroxyl groups is 2. The second-order valence-electron chi connectivity index (χ2n) is 5.41. The van der Waals surface area contributed by atoms with E-state index in [-0.39, 0.29) is 70.0 Å². The number of aromatic nitrogens is 1. The summed E-state index contributed by atoms with van der Waals surface area (Å²) in [5, 5.41) is 19.4. The smallest absolute Gasteiger partial charge is 0.870 e. The number of nitrogens with zero attached hydrogens (tertiary/aromatic N) is 2. The van der Waals surface area contributed by atoms with Crippen LogP contribution in [0.2, 0.25) is 0 Å². The molecule has 132 valence electrons. The molecule has 2 aromatic carbocycles. The number of hydrogen-bond donors (Lipinski definition) is 2. The van der Waals surface area contributed by atoms with Crippen LogP contribution in [0.25, 0.3) is 17.0 Å². The molecule has 2 heterocycles. The van der Waals surface area contributed by atoms with Gasteiger partial charge in [-0.1, -0.05) is 25.6 Å². The fourth-order valence-electron chi connectivity index (χ4n) is 2.49. The van der Waals surface area contributed by atoms with Crippen molar-refractivity contribution >= 4 is 22.7 Å². The third-order valence-electron chi connectivity index (χ3n) is 3.69. The number of benzene rings is 2. The maximum atomic E-state index is 9.26. The van der Waals surface area contributed by atoms with Crippen LogP contribution in [0.4, 0.5) is 5.69 Å². The van der Waals surface area contributed by atoms with Crippen molar-refractivity contribution in [1.82, 2.24) is 4.98 Å². The van der Waals surface area contributed by atoms with Crippen LogP contribution in [0.5, 0.6) is 11.5 Å². The van der Waals surface area contributed by atoms with Crippen molar-refractivity contribution in [3.8, 4) is 11.5 Å². The van der Waals surface area contributed by atoms with Crippen LogP contribution < -0.4 is 56.3 Å². The van der Waals surface area contributed by atoms with Gasteiger partial charge in [0.1, 0.15) is 11.5 Å². The number of rotatable bonds is 0. The Morgan fingerprint density at radius 2 is 1.69 bits per heavy atom. The maximum absolute atomic E-state index is 9.26.